The van der Waals surface area contributed by atoms with Crippen molar-refractivity contribution in [3.8, 4) is 33.4 Å². The second-order valence-corrected chi connectivity index (χ2v) is 13.0. The lowest BCUT2D eigenvalue weighted by Crippen LogP contribution is -2.15. The Balaban J connectivity index is 1.23. The molecule has 0 N–H and O–H groups in total. The molecule has 47 heavy (non-hydrogen) atoms. The first-order valence-electron chi connectivity index (χ1n) is 16.3. The van der Waals surface area contributed by atoms with Gasteiger partial charge >= 0.3 is 0 Å². The van der Waals surface area contributed by atoms with Crippen LogP contribution in [0, 0.1) is 0 Å². The van der Waals surface area contributed by atoms with E-state index in [0.29, 0.717) is 0 Å². The lowest BCUT2D eigenvalue weighted by atomic mass is 9.82. The molecule has 7 aromatic carbocycles. The molecular formula is C45H33NO. The van der Waals surface area contributed by atoms with Crippen LogP contribution in [0.3, 0.4) is 0 Å². The zero-order valence-electron chi connectivity index (χ0n) is 26.4. The van der Waals surface area contributed by atoms with Gasteiger partial charge in [0.05, 0.1) is 0 Å². The Hall–Kier alpha value is -5.86. The first kappa shape index (κ1) is 27.5. The molecule has 0 radical (unpaired) electrons. The van der Waals surface area contributed by atoms with Crippen molar-refractivity contribution in [1.29, 1.82) is 0 Å². The summed E-state index contributed by atoms with van der Waals surface area (Å²) in [6.45, 7) is 4.68. The van der Waals surface area contributed by atoms with Crippen LogP contribution in [0.2, 0.25) is 0 Å². The van der Waals surface area contributed by atoms with Gasteiger partial charge < -0.3 is 9.32 Å². The van der Waals surface area contributed by atoms with Crippen LogP contribution in [-0.4, -0.2) is 0 Å². The summed E-state index contributed by atoms with van der Waals surface area (Å²) in [6.07, 6.45) is 0. The van der Waals surface area contributed by atoms with Crippen LogP contribution in [0.15, 0.2) is 168 Å². The maximum Gasteiger partial charge on any atom is 0.136 e. The van der Waals surface area contributed by atoms with Gasteiger partial charge in [-0.1, -0.05) is 129 Å². The van der Waals surface area contributed by atoms with Gasteiger partial charge in [-0.05, 0) is 93.0 Å². The molecule has 0 atom stereocenters. The van der Waals surface area contributed by atoms with E-state index in [1.807, 2.05) is 6.07 Å². The van der Waals surface area contributed by atoms with E-state index in [2.05, 4.69) is 176 Å². The Morgan fingerprint density at radius 3 is 1.57 bits per heavy atom. The predicted molar refractivity (Wildman–Crippen MR) is 197 cm³/mol. The molecule has 0 saturated heterocycles. The predicted octanol–water partition coefficient (Wildman–Crippen LogP) is 12.7. The Labute approximate surface area is 275 Å². The first-order chi connectivity index (χ1) is 23.1. The van der Waals surface area contributed by atoms with Crippen molar-refractivity contribution in [2.45, 2.75) is 19.3 Å². The van der Waals surface area contributed by atoms with E-state index in [9.17, 15) is 0 Å². The molecule has 0 amide bonds. The fourth-order valence-corrected chi connectivity index (χ4v) is 7.50. The molecule has 8 aromatic rings. The van der Waals surface area contributed by atoms with Gasteiger partial charge in [0, 0.05) is 33.2 Å². The van der Waals surface area contributed by atoms with Crippen molar-refractivity contribution in [3.63, 3.8) is 0 Å². The van der Waals surface area contributed by atoms with Crippen LogP contribution < -0.4 is 4.90 Å². The Morgan fingerprint density at radius 1 is 0.447 bits per heavy atom. The number of hydrogen-bond acceptors (Lipinski definition) is 2. The van der Waals surface area contributed by atoms with E-state index in [1.54, 1.807) is 0 Å². The highest BCUT2D eigenvalue weighted by atomic mass is 16.3. The van der Waals surface area contributed by atoms with Gasteiger partial charge in [-0.3, -0.25) is 0 Å². The maximum atomic E-state index is 6.36. The van der Waals surface area contributed by atoms with E-state index in [4.69, 9.17) is 4.42 Å². The summed E-state index contributed by atoms with van der Waals surface area (Å²) < 4.78 is 6.36. The number of nitrogens with zero attached hydrogens (tertiary/aromatic N) is 1. The third-order valence-corrected chi connectivity index (χ3v) is 9.89. The van der Waals surface area contributed by atoms with Gasteiger partial charge in [-0.2, -0.15) is 0 Å². The molecule has 224 valence electrons. The second kappa shape index (κ2) is 10.6. The summed E-state index contributed by atoms with van der Waals surface area (Å²) in [5.74, 6) is 0. The SMILES string of the molecule is CC1(C)c2ccc(N(c3ccc(-c4ccccc4)cc3)c3ccc(-c4ccccc4)cc3)cc2-c2c1ccc1oc3ccccc3c21. The fraction of sp³-hybridized carbons (Fsp3) is 0.0667. The molecule has 0 aliphatic heterocycles. The van der Waals surface area contributed by atoms with Crippen molar-refractivity contribution in [2.75, 3.05) is 4.90 Å². The number of furan rings is 1. The van der Waals surface area contributed by atoms with Crippen LogP contribution in [0.4, 0.5) is 17.1 Å². The smallest absolute Gasteiger partial charge is 0.136 e. The zero-order valence-corrected chi connectivity index (χ0v) is 26.4. The highest BCUT2D eigenvalue weighted by molar-refractivity contribution is 6.15. The first-order valence-corrected chi connectivity index (χ1v) is 16.3. The third-order valence-electron chi connectivity index (χ3n) is 9.89. The van der Waals surface area contributed by atoms with Gasteiger partial charge in [0.1, 0.15) is 11.2 Å². The Bertz CT molecular complexity index is 2320. The number of anilines is 3. The molecule has 0 spiro atoms. The van der Waals surface area contributed by atoms with Crippen molar-refractivity contribution in [3.05, 3.63) is 175 Å². The van der Waals surface area contributed by atoms with Crippen LogP contribution in [0.1, 0.15) is 25.0 Å². The summed E-state index contributed by atoms with van der Waals surface area (Å²) in [7, 11) is 0. The standard InChI is InChI=1S/C45H33NO/c1-45(2)39-26-25-36(29-38(39)43-40(45)27-28-42-44(43)37-15-9-10-16-41(37)47-42)46(34-21-17-32(18-22-34)30-11-5-3-6-12-30)35-23-19-33(20-24-35)31-13-7-4-8-14-31/h3-29H,1-2H3. The maximum absolute atomic E-state index is 6.36. The average molecular weight is 604 g/mol. The van der Waals surface area contributed by atoms with Crippen LogP contribution >= 0.6 is 0 Å². The van der Waals surface area contributed by atoms with E-state index in [-0.39, 0.29) is 5.41 Å². The summed E-state index contributed by atoms with van der Waals surface area (Å²) in [6, 6.07) is 58.8. The molecule has 1 aromatic heterocycles. The highest BCUT2D eigenvalue weighted by Gasteiger charge is 2.38. The number of benzene rings is 7. The number of hydrogen-bond donors (Lipinski definition) is 0. The number of para-hydroxylation sites is 1. The quantitative estimate of drug-likeness (QED) is 0.195. The van der Waals surface area contributed by atoms with Crippen LogP contribution in [0.5, 0.6) is 0 Å². The molecule has 2 nitrogen and oxygen atoms in total. The zero-order chi connectivity index (χ0) is 31.5. The van der Waals surface area contributed by atoms with E-state index in [0.717, 1.165) is 28.2 Å². The molecule has 1 aliphatic carbocycles. The van der Waals surface area contributed by atoms with Crippen molar-refractivity contribution < 1.29 is 4.42 Å². The van der Waals surface area contributed by atoms with Crippen molar-refractivity contribution in [2.24, 2.45) is 0 Å². The van der Waals surface area contributed by atoms with E-state index in [1.165, 1.54) is 55.3 Å². The molecule has 9 rings (SSSR count). The largest absolute Gasteiger partial charge is 0.456 e. The average Bonchev–Trinajstić information content (AvgIpc) is 3.61. The molecule has 1 heterocycles. The number of fused-ring (bicyclic) bond motifs is 7. The summed E-state index contributed by atoms with van der Waals surface area (Å²) >= 11 is 0. The lowest BCUT2D eigenvalue weighted by molar-refractivity contribution is 0.656. The Morgan fingerprint density at radius 2 is 0.957 bits per heavy atom. The van der Waals surface area contributed by atoms with Gasteiger partial charge in [0.15, 0.2) is 0 Å². The third kappa shape index (κ3) is 4.40. The molecular weight excluding hydrogens is 571 g/mol. The van der Waals surface area contributed by atoms with Gasteiger partial charge in [-0.15, -0.1) is 0 Å². The second-order valence-electron chi connectivity index (χ2n) is 13.0. The summed E-state index contributed by atoms with van der Waals surface area (Å²) in [5.41, 5.74) is 15.1. The fourth-order valence-electron chi connectivity index (χ4n) is 7.50. The topological polar surface area (TPSA) is 16.4 Å². The molecule has 2 heteroatoms. The molecule has 0 bridgehead atoms. The van der Waals surface area contributed by atoms with Gasteiger partial charge in [-0.25, -0.2) is 0 Å². The number of rotatable bonds is 5. The Kier molecular flexibility index (Phi) is 6.20. The minimum absolute atomic E-state index is 0.130. The van der Waals surface area contributed by atoms with Gasteiger partial charge in [0.2, 0.25) is 0 Å². The monoisotopic (exact) mass is 603 g/mol. The van der Waals surface area contributed by atoms with Crippen LogP contribution in [0.25, 0.3) is 55.3 Å². The van der Waals surface area contributed by atoms with Crippen molar-refractivity contribution >= 4 is 39.0 Å². The van der Waals surface area contributed by atoms with Crippen molar-refractivity contribution in [1.82, 2.24) is 0 Å². The summed E-state index contributed by atoms with van der Waals surface area (Å²) in [5, 5.41) is 2.37. The van der Waals surface area contributed by atoms with E-state index < -0.39 is 0 Å². The van der Waals surface area contributed by atoms with E-state index >= 15 is 0 Å². The minimum Gasteiger partial charge on any atom is -0.456 e. The molecule has 1 aliphatic rings. The van der Waals surface area contributed by atoms with Crippen LogP contribution in [-0.2, 0) is 5.41 Å². The highest BCUT2D eigenvalue weighted by Crippen LogP contribution is 2.54. The van der Waals surface area contributed by atoms with Gasteiger partial charge in [0.25, 0.3) is 0 Å². The normalized spacial score (nSPS) is 13.1. The summed E-state index contributed by atoms with van der Waals surface area (Å²) in [4.78, 5) is 2.38. The minimum atomic E-state index is -0.130. The molecule has 0 saturated carbocycles. The lowest BCUT2D eigenvalue weighted by Gasteiger charge is -2.27. The molecule has 0 unspecified atom stereocenters. The molecule has 0 fully saturated rings.